The number of amides is 2. The Morgan fingerprint density at radius 3 is 2.75 bits per heavy atom. The van der Waals surface area contributed by atoms with Gasteiger partial charge in [0.2, 0.25) is 0 Å². The van der Waals surface area contributed by atoms with Crippen molar-refractivity contribution in [1.29, 1.82) is 0 Å². The van der Waals surface area contributed by atoms with Crippen molar-refractivity contribution >= 4 is 22.8 Å². The van der Waals surface area contributed by atoms with Crippen molar-refractivity contribution < 1.29 is 9.53 Å². The molecule has 4 rings (SSSR count). The molecule has 2 heterocycles. The lowest BCUT2D eigenvalue weighted by Crippen LogP contribution is -2.40. The summed E-state index contributed by atoms with van der Waals surface area (Å²) in [5, 5.41) is 2.94. The zero-order valence-electron chi connectivity index (χ0n) is 19.8. The highest BCUT2D eigenvalue weighted by atomic mass is 16.5. The minimum absolute atomic E-state index is 0.0910. The number of aromatic nitrogens is 2. The summed E-state index contributed by atoms with van der Waals surface area (Å²) in [6.07, 6.45) is 2.84. The number of benzene rings is 2. The van der Waals surface area contributed by atoms with E-state index >= 15 is 0 Å². The van der Waals surface area contributed by atoms with Gasteiger partial charge < -0.3 is 14.6 Å². The zero-order valence-corrected chi connectivity index (χ0v) is 19.8. The lowest BCUT2D eigenvalue weighted by Gasteiger charge is -2.19. The fourth-order valence-electron chi connectivity index (χ4n) is 4.14. The number of ether oxygens (including phenoxy) is 1. The average Bonchev–Trinajstić information content (AvgIpc) is 3.34. The number of carbonyl (C=O) groups is 1. The third kappa shape index (κ3) is 4.74. The van der Waals surface area contributed by atoms with Crippen LogP contribution in [0.1, 0.15) is 51.1 Å². The molecule has 0 bridgehead atoms. The van der Waals surface area contributed by atoms with Crippen LogP contribution in [-0.2, 0) is 19.4 Å². The van der Waals surface area contributed by atoms with Gasteiger partial charge in [-0.05, 0) is 61.6 Å². The first-order chi connectivity index (χ1) is 15.3. The summed E-state index contributed by atoms with van der Waals surface area (Å²) < 4.78 is 8.01. The van der Waals surface area contributed by atoms with E-state index < -0.39 is 0 Å². The number of nitrogens with one attached hydrogen (secondary N) is 1. The average molecular weight is 435 g/mol. The van der Waals surface area contributed by atoms with Crippen molar-refractivity contribution in [3.05, 3.63) is 53.3 Å². The second-order valence-electron chi connectivity index (χ2n) is 9.42. The number of fused-ring (bicyclic) bond motifs is 2. The molecule has 0 atom stereocenters. The Bertz CT molecular complexity index is 1120. The molecule has 0 saturated heterocycles. The van der Waals surface area contributed by atoms with Gasteiger partial charge in [0.05, 0.1) is 17.6 Å². The molecule has 2 amide bonds. The van der Waals surface area contributed by atoms with E-state index in [1.807, 2.05) is 26.0 Å². The molecule has 0 saturated carbocycles. The molecule has 6 heteroatoms. The summed E-state index contributed by atoms with van der Waals surface area (Å²) in [5.74, 6) is 2.68. The standard InChI is InChI=1S/C26H34N4O2/c1-17(2)10-12-30-23-8-7-21(29(5)26(31)27-18(3)4)16-22(23)28-25(30)15-19-6-9-24-20(14-19)11-13-32-24/h6-9,14,16-18H,10-13,15H2,1-5H3,(H,27,31). The summed E-state index contributed by atoms with van der Waals surface area (Å²) in [7, 11) is 1.79. The number of urea groups is 1. The van der Waals surface area contributed by atoms with E-state index in [1.165, 1.54) is 11.1 Å². The van der Waals surface area contributed by atoms with E-state index in [1.54, 1.807) is 11.9 Å². The number of hydrogen-bond acceptors (Lipinski definition) is 3. The minimum atomic E-state index is -0.112. The molecule has 0 spiro atoms. The Balaban J connectivity index is 1.67. The molecule has 170 valence electrons. The maximum atomic E-state index is 12.5. The first kappa shape index (κ1) is 22.2. The molecule has 3 aromatic rings. The van der Waals surface area contributed by atoms with Crippen LogP contribution in [0.15, 0.2) is 36.4 Å². The predicted octanol–water partition coefficient (Wildman–Crippen LogP) is 5.16. The van der Waals surface area contributed by atoms with Crippen molar-refractivity contribution in [3.63, 3.8) is 0 Å². The van der Waals surface area contributed by atoms with Crippen LogP contribution < -0.4 is 15.0 Å². The second-order valence-corrected chi connectivity index (χ2v) is 9.42. The molecule has 32 heavy (non-hydrogen) atoms. The third-order valence-corrected chi connectivity index (χ3v) is 5.96. The Morgan fingerprint density at radius 2 is 2.00 bits per heavy atom. The lowest BCUT2D eigenvalue weighted by molar-refractivity contribution is 0.245. The quantitative estimate of drug-likeness (QED) is 0.559. The first-order valence-electron chi connectivity index (χ1n) is 11.6. The van der Waals surface area contributed by atoms with Crippen LogP contribution in [0.5, 0.6) is 5.75 Å². The number of imidazole rings is 1. The second kappa shape index (κ2) is 9.23. The Kier molecular flexibility index (Phi) is 6.40. The van der Waals surface area contributed by atoms with Crippen LogP contribution >= 0.6 is 0 Å². The maximum Gasteiger partial charge on any atom is 0.321 e. The Labute approximate surface area is 190 Å². The van der Waals surface area contributed by atoms with Crippen molar-refractivity contribution in [2.24, 2.45) is 5.92 Å². The smallest absolute Gasteiger partial charge is 0.321 e. The molecular weight excluding hydrogens is 400 g/mol. The summed E-state index contributed by atoms with van der Waals surface area (Å²) >= 11 is 0. The summed E-state index contributed by atoms with van der Waals surface area (Å²) in [5.41, 5.74) is 5.42. The van der Waals surface area contributed by atoms with Crippen LogP contribution in [0.25, 0.3) is 11.0 Å². The van der Waals surface area contributed by atoms with Crippen LogP contribution in [-0.4, -0.2) is 35.3 Å². The summed E-state index contributed by atoms with van der Waals surface area (Å²) in [6, 6.07) is 12.6. The van der Waals surface area contributed by atoms with Gasteiger partial charge in [0, 0.05) is 38.2 Å². The topological polar surface area (TPSA) is 59.4 Å². The van der Waals surface area contributed by atoms with E-state index in [-0.39, 0.29) is 12.1 Å². The van der Waals surface area contributed by atoms with E-state index in [4.69, 9.17) is 9.72 Å². The van der Waals surface area contributed by atoms with E-state index in [2.05, 4.69) is 48.0 Å². The largest absolute Gasteiger partial charge is 0.493 e. The molecule has 0 aliphatic carbocycles. The molecular formula is C26H34N4O2. The number of aryl methyl sites for hydroxylation is 1. The normalized spacial score (nSPS) is 13.0. The minimum Gasteiger partial charge on any atom is -0.493 e. The molecule has 1 aromatic heterocycles. The highest BCUT2D eigenvalue weighted by molar-refractivity contribution is 5.94. The summed E-state index contributed by atoms with van der Waals surface area (Å²) in [6.45, 7) is 10.1. The van der Waals surface area contributed by atoms with Gasteiger partial charge in [-0.25, -0.2) is 9.78 Å². The van der Waals surface area contributed by atoms with Gasteiger partial charge >= 0.3 is 6.03 Å². The number of rotatable bonds is 7. The van der Waals surface area contributed by atoms with Gasteiger partial charge in [-0.2, -0.15) is 0 Å². The van der Waals surface area contributed by atoms with Crippen molar-refractivity contribution in [2.75, 3.05) is 18.6 Å². The van der Waals surface area contributed by atoms with Gasteiger partial charge in [0.25, 0.3) is 0 Å². The highest BCUT2D eigenvalue weighted by Crippen LogP contribution is 2.28. The van der Waals surface area contributed by atoms with E-state index in [0.717, 1.165) is 60.7 Å². The Hall–Kier alpha value is -3.02. The monoisotopic (exact) mass is 434 g/mol. The van der Waals surface area contributed by atoms with Gasteiger partial charge in [-0.15, -0.1) is 0 Å². The number of hydrogen-bond donors (Lipinski definition) is 1. The van der Waals surface area contributed by atoms with Crippen molar-refractivity contribution in [3.8, 4) is 5.75 Å². The molecule has 6 nitrogen and oxygen atoms in total. The van der Waals surface area contributed by atoms with Crippen molar-refractivity contribution in [1.82, 2.24) is 14.9 Å². The van der Waals surface area contributed by atoms with E-state index in [0.29, 0.717) is 5.92 Å². The SMILES string of the molecule is CC(C)CCn1c(Cc2ccc3c(c2)CCO3)nc2cc(N(C)C(=O)NC(C)C)ccc21. The van der Waals surface area contributed by atoms with Gasteiger partial charge in [-0.1, -0.05) is 26.0 Å². The Morgan fingerprint density at radius 1 is 1.19 bits per heavy atom. The number of carbonyl (C=O) groups excluding carboxylic acids is 1. The van der Waals surface area contributed by atoms with Crippen LogP contribution in [0.2, 0.25) is 0 Å². The molecule has 0 unspecified atom stereocenters. The third-order valence-electron chi connectivity index (χ3n) is 5.96. The fourth-order valence-corrected chi connectivity index (χ4v) is 4.14. The molecule has 0 fully saturated rings. The van der Waals surface area contributed by atoms with Gasteiger partial charge in [-0.3, -0.25) is 4.90 Å². The van der Waals surface area contributed by atoms with Crippen molar-refractivity contribution in [2.45, 2.75) is 59.5 Å². The maximum absolute atomic E-state index is 12.5. The van der Waals surface area contributed by atoms with Crippen LogP contribution in [0.3, 0.4) is 0 Å². The lowest BCUT2D eigenvalue weighted by atomic mass is 10.1. The number of anilines is 1. The fraction of sp³-hybridized carbons (Fsp3) is 0.462. The first-order valence-corrected chi connectivity index (χ1v) is 11.6. The molecule has 1 N–H and O–H groups in total. The van der Waals surface area contributed by atoms with Gasteiger partial charge in [0.15, 0.2) is 0 Å². The molecule has 0 radical (unpaired) electrons. The van der Waals surface area contributed by atoms with Crippen LogP contribution in [0, 0.1) is 5.92 Å². The highest BCUT2D eigenvalue weighted by Gasteiger charge is 2.18. The van der Waals surface area contributed by atoms with E-state index in [9.17, 15) is 4.79 Å². The summed E-state index contributed by atoms with van der Waals surface area (Å²) in [4.78, 5) is 19.1. The van der Waals surface area contributed by atoms with Crippen LogP contribution in [0.4, 0.5) is 10.5 Å². The number of nitrogens with zero attached hydrogens (tertiary/aromatic N) is 3. The molecule has 1 aliphatic rings. The molecule has 2 aromatic carbocycles. The predicted molar refractivity (Wildman–Crippen MR) is 130 cm³/mol. The van der Waals surface area contributed by atoms with Gasteiger partial charge in [0.1, 0.15) is 11.6 Å². The molecule has 1 aliphatic heterocycles. The zero-order chi connectivity index (χ0) is 22.8.